The van der Waals surface area contributed by atoms with Gasteiger partial charge >= 0.3 is 0 Å². The SMILES string of the molecule is Cc1cc([C@@H](N)CN)c(F)cc1N. The van der Waals surface area contributed by atoms with Crippen molar-refractivity contribution < 1.29 is 4.39 Å². The minimum atomic E-state index is -0.459. The summed E-state index contributed by atoms with van der Waals surface area (Å²) >= 11 is 0. The molecule has 0 saturated heterocycles. The molecule has 0 unspecified atom stereocenters. The minimum Gasteiger partial charge on any atom is -0.398 e. The smallest absolute Gasteiger partial charge is 0.130 e. The van der Waals surface area contributed by atoms with E-state index in [4.69, 9.17) is 17.2 Å². The van der Waals surface area contributed by atoms with E-state index < -0.39 is 6.04 Å². The van der Waals surface area contributed by atoms with Crippen molar-refractivity contribution in [3.8, 4) is 0 Å². The highest BCUT2D eigenvalue weighted by Crippen LogP contribution is 2.20. The number of aryl methyl sites for hydroxylation is 1. The first-order valence-corrected chi connectivity index (χ1v) is 4.07. The molecule has 1 rings (SSSR count). The number of hydrogen-bond acceptors (Lipinski definition) is 3. The van der Waals surface area contributed by atoms with Crippen molar-refractivity contribution >= 4 is 5.69 Å². The number of hydrogen-bond donors (Lipinski definition) is 3. The minimum absolute atomic E-state index is 0.222. The van der Waals surface area contributed by atoms with Gasteiger partial charge in [0.15, 0.2) is 0 Å². The second-order valence-electron chi connectivity index (χ2n) is 3.07. The summed E-state index contributed by atoms with van der Waals surface area (Å²) in [7, 11) is 0. The van der Waals surface area contributed by atoms with Crippen LogP contribution < -0.4 is 17.2 Å². The molecule has 1 aromatic carbocycles. The molecule has 4 heteroatoms. The van der Waals surface area contributed by atoms with E-state index in [9.17, 15) is 4.39 Å². The fraction of sp³-hybridized carbons (Fsp3) is 0.333. The number of halogens is 1. The van der Waals surface area contributed by atoms with Gasteiger partial charge < -0.3 is 17.2 Å². The molecule has 3 nitrogen and oxygen atoms in total. The monoisotopic (exact) mass is 183 g/mol. The first kappa shape index (κ1) is 9.95. The summed E-state index contributed by atoms with van der Waals surface area (Å²) in [6.07, 6.45) is 0. The van der Waals surface area contributed by atoms with Crippen LogP contribution >= 0.6 is 0 Å². The van der Waals surface area contributed by atoms with Gasteiger partial charge in [-0.15, -0.1) is 0 Å². The highest BCUT2D eigenvalue weighted by molar-refractivity contribution is 5.49. The Hall–Kier alpha value is -1.13. The molecule has 0 bridgehead atoms. The lowest BCUT2D eigenvalue weighted by Crippen LogP contribution is -2.22. The van der Waals surface area contributed by atoms with E-state index in [2.05, 4.69) is 0 Å². The molecule has 1 aromatic rings. The average molecular weight is 183 g/mol. The standard InChI is InChI=1S/C9H14FN3/c1-5-2-6(9(13)4-11)7(10)3-8(5)12/h2-3,9H,4,11-13H2,1H3/t9-/m0/s1. The summed E-state index contributed by atoms with van der Waals surface area (Å²) in [5.74, 6) is -0.388. The highest BCUT2D eigenvalue weighted by Gasteiger charge is 2.11. The molecular weight excluding hydrogens is 169 g/mol. The second-order valence-corrected chi connectivity index (χ2v) is 3.07. The van der Waals surface area contributed by atoms with E-state index in [0.29, 0.717) is 11.3 Å². The molecule has 0 radical (unpaired) electrons. The summed E-state index contributed by atoms with van der Waals surface area (Å²) in [5, 5.41) is 0. The van der Waals surface area contributed by atoms with Gasteiger partial charge in [0.25, 0.3) is 0 Å². The van der Waals surface area contributed by atoms with E-state index in [-0.39, 0.29) is 12.4 Å². The van der Waals surface area contributed by atoms with Crippen LogP contribution in [0.25, 0.3) is 0 Å². The Morgan fingerprint density at radius 2 is 2.08 bits per heavy atom. The van der Waals surface area contributed by atoms with Gasteiger partial charge in [-0.1, -0.05) is 0 Å². The topological polar surface area (TPSA) is 78.1 Å². The molecule has 0 spiro atoms. The van der Waals surface area contributed by atoms with Gasteiger partial charge in [0.2, 0.25) is 0 Å². The predicted molar refractivity (Wildman–Crippen MR) is 51.5 cm³/mol. The Kier molecular flexibility index (Phi) is 2.85. The fourth-order valence-electron chi connectivity index (χ4n) is 1.13. The predicted octanol–water partition coefficient (Wildman–Crippen LogP) is 0.675. The Bertz CT molecular complexity index is 312. The largest absolute Gasteiger partial charge is 0.398 e. The van der Waals surface area contributed by atoms with Crippen LogP contribution in [0, 0.1) is 12.7 Å². The normalized spacial score (nSPS) is 12.9. The molecule has 72 valence electrons. The molecule has 0 fully saturated rings. The van der Waals surface area contributed by atoms with Crippen molar-refractivity contribution in [2.45, 2.75) is 13.0 Å². The summed E-state index contributed by atoms with van der Waals surface area (Å²) in [6, 6.07) is 2.46. The molecule has 0 saturated carbocycles. The van der Waals surface area contributed by atoms with Crippen molar-refractivity contribution in [1.82, 2.24) is 0 Å². The molecular formula is C9H14FN3. The zero-order chi connectivity index (χ0) is 10.0. The first-order chi connectivity index (χ1) is 6.06. The van der Waals surface area contributed by atoms with Crippen LogP contribution in [0.1, 0.15) is 17.2 Å². The van der Waals surface area contributed by atoms with Gasteiger partial charge in [-0.3, -0.25) is 0 Å². The van der Waals surface area contributed by atoms with E-state index >= 15 is 0 Å². The first-order valence-electron chi connectivity index (χ1n) is 4.07. The Labute approximate surface area is 76.7 Å². The molecule has 0 amide bonds. The number of rotatable bonds is 2. The molecule has 0 aliphatic rings. The zero-order valence-corrected chi connectivity index (χ0v) is 7.55. The van der Waals surface area contributed by atoms with Crippen LogP contribution in [0.5, 0.6) is 0 Å². The maximum Gasteiger partial charge on any atom is 0.130 e. The summed E-state index contributed by atoms with van der Waals surface area (Å²) in [6.45, 7) is 2.03. The quantitative estimate of drug-likeness (QED) is 0.590. The Balaban J connectivity index is 3.15. The number of anilines is 1. The van der Waals surface area contributed by atoms with Crippen LogP contribution in [0.3, 0.4) is 0 Å². The van der Waals surface area contributed by atoms with Crippen molar-refractivity contribution in [2.24, 2.45) is 11.5 Å². The molecule has 0 aliphatic heterocycles. The van der Waals surface area contributed by atoms with Gasteiger partial charge in [0.1, 0.15) is 5.82 Å². The van der Waals surface area contributed by atoms with E-state index in [1.807, 2.05) is 6.92 Å². The molecule has 13 heavy (non-hydrogen) atoms. The van der Waals surface area contributed by atoms with Crippen molar-refractivity contribution in [2.75, 3.05) is 12.3 Å². The van der Waals surface area contributed by atoms with Crippen molar-refractivity contribution in [3.63, 3.8) is 0 Å². The summed E-state index contributed by atoms with van der Waals surface area (Å²) < 4.78 is 13.3. The van der Waals surface area contributed by atoms with E-state index in [0.717, 1.165) is 5.56 Å². The fourth-order valence-corrected chi connectivity index (χ4v) is 1.13. The molecule has 6 N–H and O–H groups in total. The maximum absolute atomic E-state index is 13.3. The number of benzene rings is 1. The lowest BCUT2D eigenvalue weighted by molar-refractivity contribution is 0.584. The van der Waals surface area contributed by atoms with Crippen LogP contribution in [-0.2, 0) is 0 Å². The van der Waals surface area contributed by atoms with Gasteiger partial charge in [-0.05, 0) is 24.6 Å². The third-order valence-electron chi connectivity index (χ3n) is 2.04. The van der Waals surface area contributed by atoms with Crippen molar-refractivity contribution in [1.29, 1.82) is 0 Å². The van der Waals surface area contributed by atoms with Gasteiger partial charge in [0, 0.05) is 23.8 Å². The van der Waals surface area contributed by atoms with Crippen LogP contribution in [0.15, 0.2) is 12.1 Å². The second kappa shape index (κ2) is 3.72. The van der Waals surface area contributed by atoms with E-state index in [1.54, 1.807) is 6.07 Å². The zero-order valence-electron chi connectivity index (χ0n) is 7.55. The van der Waals surface area contributed by atoms with Crippen molar-refractivity contribution in [3.05, 3.63) is 29.1 Å². The Morgan fingerprint density at radius 1 is 1.46 bits per heavy atom. The lowest BCUT2D eigenvalue weighted by Gasteiger charge is -2.12. The maximum atomic E-state index is 13.3. The van der Waals surface area contributed by atoms with Crippen LogP contribution in [-0.4, -0.2) is 6.54 Å². The molecule has 0 aromatic heterocycles. The van der Waals surface area contributed by atoms with Crippen LogP contribution in [0.2, 0.25) is 0 Å². The van der Waals surface area contributed by atoms with Crippen LogP contribution in [0.4, 0.5) is 10.1 Å². The number of nitrogen functional groups attached to an aromatic ring is 1. The third-order valence-corrected chi connectivity index (χ3v) is 2.04. The highest BCUT2D eigenvalue weighted by atomic mass is 19.1. The van der Waals surface area contributed by atoms with Gasteiger partial charge in [-0.25, -0.2) is 4.39 Å². The summed E-state index contributed by atoms with van der Waals surface area (Å²) in [4.78, 5) is 0. The molecule has 0 aliphatic carbocycles. The summed E-state index contributed by atoms with van der Waals surface area (Å²) in [5.41, 5.74) is 18.1. The number of nitrogens with two attached hydrogens (primary N) is 3. The Morgan fingerprint density at radius 3 is 2.62 bits per heavy atom. The van der Waals surface area contributed by atoms with E-state index in [1.165, 1.54) is 6.07 Å². The van der Waals surface area contributed by atoms with Gasteiger partial charge in [0.05, 0.1) is 0 Å². The van der Waals surface area contributed by atoms with Gasteiger partial charge in [-0.2, -0.15) is 0 Å². The third kappa shape index (κ3) is 1.96. The average Bonchev–Trinajstić information content (AvgIpc) is 2.10. The molecule has 1 atom stereocenters. The molecule has 0 heterocycles. The lowest BCUT2D eigenvalue weighted by atomic mass is 10.0.